The smallest absolute Gasteiger partial charge is 0.319 e. The molecule has 7 heteroatoms. The molecular formula is C17H14FN3O2S. The first-order chi connectivity index (χ1) is 11.6. The molecule has 1 aromatic heterocycles. The molecule has 0 saturated heterocycles. The van der Waals surface area contributed by atoms with Crippen LogP contribution >= 0.6 is 11.3 Å². The van der Waals surface area contributed by atoms with E-state index in [9.17, 15) is 14.0 Å². The molecule has 0 radical (unpaired) electrons. The summed E-state index contributed by atoms with van der Waals surface area (Å²) < 4.78 is 13.6. The normalized spacial score (nSPS) is 20.0. The minimum atomic E-state index is -0.634. The van der Waals surface area contributed by atoms with Crippen molar-refractivity contribution >= 4 is 23.3 Å². The fourth-order valence-corrected chi connectivity index (χ4v) is 3.80. The van der Waals surface area contributed by atoms with Crippen LogP contribution in [0.1, 0.15) is 16.5 Å². The Labute approximate surface area is 141 Å². The van der Waals surface area contributed by atoms with E-state index in [1.165, 1.54) is 12.1 Å². The average molecular weight is 343 g/mol. The molecule has 0 unspecified atom stereocenters. The average Bonchev–Trinajstić information content (AvgIpc) is 3.16. The fraction of sp³-hybridized carbons (Fsp3) is 0.176. The molecule has 1 aromatic carbocycles. The third kappa shape index (κ3) is 2.56. The zero-order chi connectivity index (χ0) is 16.7. The third-order valence-electron chi connectivity index (χ3n) is 4.13. The summed E-state index contributed by atoms with van der Waals surface area (Å²) in [6.45, 7) is 0.848. The molecule has 0 fully saturated rings. The molecule has 3 amide bonds. The monoisotopic (exact) mass is 343 g/mol. The van der Waals surface area contributed by atoms with E-state index >= 15 is 0 Å². The second-order valence-electron chi connectivity index (χ2n) is 5.72. The van der Waals surface area contributed by atoms with Gasteiger partial charge in [-0.15, -0.1) is 11.3 Å². The van der Waals surface area contributed by atoms with E-state index in [2.05, 4.69) is 10.6 Å². The van der Waals surface area contributed by atoms with Crippen molar-refractivity contribution in [3.8, 4) is 0 Å². The minimum Gasteiger partial charge on any atom is -0.328 e. The number of thiophene rings is 1. The van der Waals surface area contributed by atoms with Crippen molar-refractivity contribution < 1.29 is 14.0 Å². The molecule has 4 rings (SSSR count). The number of benzene rings is 1. The van der Waals surface area contributed by atoms with Gasteiger partial charge in [-0.05, 0) is 29.1 Å². The Morgan fingerprint density at radius 2 is 2.12 bits per heavy atom. The van der Waals surface area contributed by atoms with Crippen LogP contribution in [0.2, 0.25) is 0 Å². The second kappa shape index (κ2) is 5.76. The third-order valence-corrected chi connectivity index (χ3v) is 4.99. The number of hydrogen-bond donors (Lipinski definition) is 2. The standard InChI is InChI=1S/C17H14FN3O2S/c18-11-4-1-3-10(7-11)15-14-13(19-17(23)20-15)9-21(16(14)22)8-12-5-2-6-24-12/h1-7,15H,8-9H2,(H2,19,20,23)/t15-/m0/s1. The Morgan fingerprint density at radius 3 is 2.88 bits per heavy atom. The molecule has 2 aliphatic rings. The van der Waals surface area contributed by atoms with Gasteiger partial charge in [0.15, 0.2) is 0 Å². The van der Waals surface area contributed by atoms with Crippen molar-refractivity contribution in [3.63, 3.8) is 0 Å². The second-order valence-corrected chi connectivity index (χ2v) is 6.75. The van der Waals surface area contributed by atoms with Gasteiger partial charge in [-0.1, -0.05) is 18.2 Å². The maximum atomic E-state index is 13.6. The molecule has 1 atom stereocenters. The predicted molar refractivity (Wildman–Crippen MR) is 87.6 cm³/mol. The molecule has 0 aliphatic carbocycles. The molecule has 2 aliphatic heterocycles. The van der Waals surface area contributed by atoms with Gasteiger partial charge in [0.2, 0.25) is 0 Å². The van der Waals surface area contributed by atoms with Gasteiger partial charge < -0.3 is 15.5 Å². The molecule has 3 heterocycles. The lowest BCUT2D eigenvalue weighted by Crippen LogP contribution is -2.44. The first-order valence-corrected chi connectivity index (χ1v) is 8.37. The Balaban J connectivity index is 1.66. The van der Waals surface area contributed by atoms with Crippen molar-refractivity contribution in [1.82, 2.24) is 15.5 Å². The van der Waals surface area contributed by atoms with E-state index in [1.807, 2.05) is 17.5 Å². The fourth-order valence-electron chi connectivity index (χ4n) is 3.08. The maximum absolute atomic E-state index is 13.6. The lowest BCUT2D eigenvalue weighted by molar-refractivity contribution is -0.126. The molecule has 24 heavy (non-hydrogen) atoms. The van der Waals surface area contributed by atoms with E-state index in [0.29, 0.717) is 29.9 Å². The van der Waals surface area contributed by atoms with Crippen LogP contribution in [0.15, 0.2) is 53.0 Å². The number of halogens is 1. The van der Waals surface area contributed by atoms with Gasteiger partial charge >= 0.3 is 6.03 Å². The van der Waals surface area contributed by atoms with Crippen LogP contribution in [0.5, 0.6) is 0 Å². The predicted octanol–water partition coefficient (Wildman–Crippen LogP) is 2.54. The Kier molecular flexibility index (Phi) is 3.57. The van der Waals surface area contributed by atoms with Crippen molar-refractivity contribution in [3.05, 3.63) is 69.3 Å². The molecule has 0 saturated carbocycles. The number of rotatable bonds is 3. The van der Waals surface area contributed by atoms with E-state index in [0.717, 1.165) is 4.88 Å². The van der Waals surface area contributed by atoms with Crippen molar-refractivity contribution in [2.45, 2.75) is 12.6 Å². The van der Waals surface area contributed by atoms with E-state index in [4.69, 9.17) is 0 Å². The summed E-state index contributed by atoms with van der Waals surface area (Å²) in [6.07, 6.45) is 0. The summed E-state index contributed by atoms with van der Waals surface area (Å²) in [5.41, 5.74) is 1.63. The minimum absolute atomic E-state index is 0.139. The zero-order valence-corrected chi connectivity index (χ0v) is 13.4. The van der Waals surface area contributed by atoms with Gasteiger partial charge in [-0.25, -0.2) is 9.18 Å². The lowest BCUT2D eigenvalue weighted by Gasteiger charge is -2.25. The van der Waals surface area contributed by atoms with Crippen LogP contribution in [-0.4, -0.2) is 23.4 Å². The summed E-state index contributed by atoms with van der Waals surface area (Å²) in [4.78, 5) is 27.5. The van der Waals surface area contributed by atoms with Gasteiger partial charge in [0.25, 0.3) is 5.91 Å². The summed E-state index contributed by atoms with van der Waals surface area (Å²) >= 11 is 1.58. The number of nitrogens with one attached hydrogen (secondary N) is 2. The van der Waals surface area contributed by atoms with Crippen LogP contribution in [0, 0.1) is 5.82 Å². The Morgan fingerprint density at radius 1 is 1.25 bits per heavy atom. The van der Waals surface area contributed by atoms with Crippen molar-refractivity contribution in [1.29, 1.82) is 0 Å². The highest BCUT2D eigenvalue weighted by Gasteiger charge is 2.40. The van der Waals surface area contributed by atoms with Gasteiger partial charge in [0, 0.05) is 4.88 Å². The van der Waals surface area contributed by atoms with Crippen molar-refractivity contribution in [2.24, 2.45) is 0 Å². The number of urea groups is 1. The number of carbonyl (C=O) groups is 2. The van der Waals surface area contributed by atoms with Crippen LogP contribution in [-0.2, 0) is 11.3 Å². The zero-order valence-electron chi connectivity index (χ0n) is 12.6. The molecule has 2 N–H and O–H groups in total. The maximum Gasteiger partial charge on any atom is 0.319 e. The summed E-state index contributed by atoms with van der Waals surface area (Å²) in [5.74, 6) is -0.538. The first-order valence-electron chi connectivity index (χ1n) is 7.49. The Bertz CT molecular complexity index is 847. The number of nitrogens with zero attached hydrogens (tertiary/aromatic N) is 1. The van der Waals surface area contributed by atoms with Gasteiger partial charge in [-0.2, -0.15) is 0 Å². The SMILES string of the molecule is O=C1NC2=C(C(=O)N(Cc3cccs3)C2)[C@H](c2cccc(F)c2)N1. The van der Waals surface area contributed by atoms with Crippen LogP contribution < -0.4 is 10.6 Å². The van der Waals surface area contributed by atoms with E-state index < -0.39 is 11.9 Å². The number of amides is 3. The van der Waals surface area contributed by atoms with Crippen LogP contribution in [0.4, 0.5) is 9.18 Å². The number of carbonyl (C=O) groups excluding carboxylic acids is 2. The molecule has 2 aromatic rings. The lowest BCUT2D eigenvalue weighted by atomic mass is 9.96. The quantitative estimate of drug-likeness (QED) is 0.900. The molecule has 122 valence electrons. The topological polar surface area (TPSA) is 61.4 Å². The van der Waals surface area contributed by atoms with Crippen LogP contribution in [0.25, 0.3) is 0 Å². The largest absolute Gasteiger partial charge is 0.328 e. The number of hydrogen-bond acceptors (Lipinski definition) is 3. The van der Waals surface area contributed by atoms with Gasteiger partial charge in [0.1, 0.15) is 5.82 Å². The summed E-state index contributed by atoms with van der Waals surface area (Å²) in [7, 11) is 0. The highest BCUT2D eigenvalue weighted by molar-refractivity contribution is 7.09. The summed E-state index contributed by atoms with van der Waals surface area (Å²) in [6, 6.07) is 8.85. The summed E-state index contributed by atoms with van der Waals surface area (Å²) in [5, 5.41) is 7.39. The highest BCUT2D eigenvalue weighted by Crippen LogP contribution is 2.33. The Hall–Kier alpha value is -2.67. The van der Waals surface area contributed by atoms with Gasteiger partial charge in [0.05, 0.1) is 30.4 Å². The van der Waals surface area contributed by atoms with Crippen LogP contribution in [0.3, 0.4) is 0 Å². The first kappa shape index (κ1) is 14.9. The van der Waals surface area contributed by atoms with Gasteiger partial charge in [-0.3, -0.25) is 4.79 Å². The van der Waals surface area contributed by atoms with E-state index in [1.54, 1.807) is 28.4 Å². The molecule has 0 spiro atoms. The molecule has 5 nitrogen and oxygen atoms in total. The molecular weight excluding hydrogens is 329 g/mol. The van der Waals surface area contributed by atoms with E-state index in [-0.39, 0.29) is 11.9 Å². The van der Waals surface area contributed by atoms with Crippen molar-refractivity contribution in [2.75, 3.05) is 6.54 Å². The highest BCUT2D eigenvalue weighted by atomic mass is 32.1. The molecule has 0 bridgehead atoms.